The maximum Gasteiger partial charge on any atom is 0.344 e. The highest BCUT2D eigenvalue weighted by atomic mass is 32.1. The van der Waals surface area contributed by atoms with Crippen molar-refractivity contribution in [2.45, 2.75) is 32.3 Å². The summed E-state index contributed by atoms with van der Waals surface area (Å²) < 4.78 is 17.4. The minimum absolute atomic E-state index is 0.0564. The summed E-state index contributed by atoms with van der Waals surface area (Å²) >= 11 is 1.55. The van der Waals surface area contributed by atoms with E-state index >= 15 is 0 Å². The van der Waals surface area contributed by atoms with Crippen LogP contribution >= 0.6 is 11.3 Å². The number of nitrogens with zero attached hydrogens (tertiary/aromatic N) is 2. The summed E-state index contributed by atoms with van der Waals surface area (Å²) in [5.74, 6) is 0.723. The van der Waals surface area contributed by atoms with Gasteiger partial charge in [-0.3, -0.25) is 9.20 Å². The highest BCUT2D eigenvalue weighted by Gasteiger charge is 2.18. The number of fused-ring (bicyclic) bond motifs is 3. The maximum absolute atomic E-state index is 12.5. The van der Waals surface area contributed by atoms with E-state index in [9.17, 15) is 9.59 Å². The minimum Gasteiger partial charge on any atom is -0.497 e. The van der Waals surface area contributed by atoms with Crippen molar-refractivity contribution in [3.63, 3.8) is 0 Å². The molecule has 3 aromatic rings. The van der Waals surface area contributed by atoms with E-state index in [1.54, 1.807) is 47.1 Å². The second kappa shape index (κ2) is 8.02. The van der Waals surface area contributed by atoms with E-state index in [1.807, 2.05) is 0 Å². The van der Waals surface area contributed by atoms with Gasteiger partial charge in [-0.25, -0.2) is 9.78 Å². The first-order valence-corrected chi connectivity index (χ1v) is 9.91. The summed E-state index contributed by atoms with van der Waals surface area (Å²) in [6.45, 7) is -0.278. The lowest BCUT2D eigenvalue weighted by molar-refractivity contribution is -0.147. The predicted molar refractivity (Wildman–Crippen MR) is 104 cm³/mol. The van der Waals surface area contributed by atoms with Gasteiger partial charge in [-0.15, -0.1) is 11.3 Å². The molecule has 1 aliphatic carbocycles. The van der Waals surface area contributed by atoms with Crippen LogP contribution in [0.5, 0.6) is 11.5 Å². The molecule has 7 nitrogen and oxygen atoms in total. The van der Waals surface area contributed by atoms with Crippen molar-refractivity contribution in [2.24, 2.45) is 0 Å². The van der Waals surface area contributed by atoms with E-state index in [-0.39, 0.29) is 18.8 Å². The van der Waals surface area contributed by atoms with Gasteiger partial charge >= 0.3 is 5.97 Å². The second-order valence-electron chi connectivity index (χ2n) is 6.51. The molecule has 146 valence electrons. The van der Waals surface area contributed by atoms with Crippen molar-refractivity contribution in [1.29, 1.82) is 0 Å². The van der Waals surface area contributed by atoms with Crippen LogP contribution in [0.25, 0.3) is 4.96 Å². The largest absolute Gasteiger partial charge is 0.497 e. The summed E-state index contributed by atoms with van der Waals surface area (Å²) in [5, 5.41) is 0. The molecule has 0 bridgehead atoms. The molecule has 0 fully saturated rings. The Balaban J connectivity index is 1.38. The molecule has 28 heavy (non-hydrogen) atoms. The van der Waals surface area contributed by atoms with Gasteiger partial charge < -0.3 is 14.2 Å². The Morgan fingerprint density at radius 1 is 1.18 bits per heavy atom. The van der Waals surface area contributed by atoms with Crippen LogP contribution in [0.4, 0.5) is 0 Å². The van der Waals surface area contributed by atoms with E-state index < -0.39 is 5.97 Å². The van der Waals surface area contributed by atoms with Gasteiger partial charge in [-0.05, 0) is 49.9 Å². The first kappa shape index (κ1) is 18.5. The third-order valence-electron chi connectivity index (χ3n) is 4.61. The Labute approximate surface area is 165 Å². The fourth-order valence-corrected chi connectivity index (χ4v) is 4.46. The number of hydrogen-bond acceptors (Lipinski definition) is 7. The fourth-order valence-electron chi connectivity index (χ4n) is 3.23. The van der Waals surface area contributed by atoms with Crippen LogP contribution in [-0.2, 0) is 29.0 Å². The number of rotatable bonds is 6. The predicted octanol–water partition coefficient (Wildman–Crippen LogP) is 2.77. The first-order valence-electron chi connectivity index (χ1n) is 9.10. The lowest BCUT2D eigenvalue weighted by Gasteiger charge is -2.10. The molecule has 0 aliphatic heterocycles. The van der Waals surface area contributed by atoms with E-state index in [0.29, 0.717) is 22.2 Å². The summed E-state index contributed by atoms with van der Waals surface area (Å²) in [7, 11) is 1.58. The van der Waals surface area contributed by atoms with Gasteiger partial charge in [-0.1, -0.05) is 0 Å². The lowest BCUT2D eigenvalue weighted by Crippen LogP contribution is -2.19. The minimum atomic E-state index is -0.525. The van der Waals surface area contributed by atoms with Crippen LogP contribution in [0.3, 0.4) is 0 Å². The number of thiazole rings is 1. The standard InChI is InChI=1S/C20H20N2O5S/c1-25-14-6-8-15(9-7-14)26-12-19(24)27-11-13-10-18(23)22-16-4-2-3-5-17(16)28-20(22)21-13/h6-10H,2-5,11-12H2,1H3. The Morgan fingerprint density at radius 2 is 1.93 bits per heavy atom. The number of aromatic nitrogens is 2. The van der Waals surface area contributed by atoms with Crippen LogP contribution in [0.2, 0.25) is 0 Å². The summed E-state index contributed by atoms with van der Waals surface area (Å²) in [6, 6.07) is 8.34. The van der Waals surface area contributed by atoms with Gasteiger partial charge in [0, 0.05) is 16.6 Å². The van der Waals surface area contributed by atoms with Crippen molar-refractivity contribution in [3.05, 3.63) is 57.0 Å². The van der Waals surface area contributed by atoms with Gasteiger partial charge in [0.15, 0.2) is 11.6 Å². The van der Waals surface area contributed by atoms with Gasteiger partial charge in [0.1, 0.15) is 18.1 Å². The van der Waals surface area contributed by atoms with Gasteiger partial charge in [-0.2, -0.15) is 0 Å². The summed E-state index contributed by atoms with van der Waals surface area (Å²) in [6.07, 6.45) is 4.15. The molecular formula is C20H20N2O5S. The molecule has 0 radical (unpaired) electrons. The summed E-state index contributed by atoms with van der Waals surface area (Å²) in [5.41, 5.74) is 1.41. The molecule has 0 atom stereocenters. The SMILES string of the molecule is COc1ccc(OCC(=O)OCc2cc(=O)n3c4c(sc3n2)CCCC4)cc1. The van der Waals surface area contributed by atoms with E-state index in [4.69, 9.17) is 14.2 Å². The van der Waals surface area contributed by atoms with Crippen molar-refractivity contribution in [1.82, 2.24) is 9.38 Å². The number of benzene rings is 1. The monoisotopic (exact) mass is 400 g/mol. The molecule has 0 unspecified atom stereocenters. The first-order chi connectivity index (χ1) is 13.6. The molecule has 2 aromatic heterocycles. The third-order valence-corrected chi connectivity index (χ3v) is 5.75. The Bertz CT molecular complexity index is 1050. The molecular weight excluding hydrogens is 380 g/mol. The third kappa shape index (κ3) is 3.87. The maximum atomic E-state index is 12.5. The normalized spacial score (nSPS) is 13.2. The van der Waals surface area contributed by atoms with E-state index in [0.717, 1.165) is 31.4 Å². The van der Waals surface area contributed by atoms with Crippen molar-refractivity contribution in [2.75, 3.05) is 13.7 Å². The number of aryl methyl sites for hydroxylation is 2. The second-order valence-corrected chi connectivity index (χ2v) is 7.57. The topological polar surface area (TPSA) is 79.1 Å². The van der Waals surface area contributed by atoms with Crippen LogP contribution in [0, 0.1) is 0 Å². The van der Waals surface area contributed by atoms with Crippen LogP contribution < -0.4 is 15.0 Å². The number of carbonyl (C=O) groups excluding carboxylic acids is 1. The molecule has 0 amide bonds. The number of hydrogen-bond donors (Lipinski definition) is 0. The molecule has 1 aliphatic rings. The fraction of sp³-hybridized carbons (Fsp3) is 0.350. The molecule has 0 spiro atoms. The van der Waals surface area contributed by atoms with Crippen molar-refractivity contribution in [3.8, 4) is 11.5 Å². The van der Waals surface area contributed by atoms with Crippen LogP contribution in [-0.4, -0.2) is 29.1 Å². The Kier molecular flexibility index (Phi) is 5.29. The zero-order valence-corrected chi connectivity index (χ0v) is 16.3. The lowest BCUT2D eigenvalue weighted by atomic mass is 10.0. The Hall–Kier alpha value is -2.87. The molecule has 8 heteroatoms. The van der Waals surface area contributed by atoms with E-state index in [1.165, 1.54) is 10.9 Å². The van der Waals surface area contributed by atoms with Crippen molar-refractivity contribution >= 4 is 22.3 Å². The zero-order chi connectivity index (χ0) is 19.5. The van der Waals surface area contributed by atoms with Gasteiger partial charge in [0.2, 0.25) is 0 Å². The molecule has 0 N–H and O–H groups in total. The van der Waals surface area contributed by atoms with Crippen molar-refractivity contribution < 1.29 is 19.0 Å². The van der Waals surface area contributed by atoms with Crippen LogP contribution in [0.1, 0.15) is 29.1 Å². The average molecular weight is 400 g/mol. The molecule has 0 saturated carbocycles. The number of esters is 1. The summed E-state index contributed by atoms with van der Waals surface area (Å²) in [4.78, 5) is 30.8. The molecule has 0 saturated heterocycles. The van der Waals surface area contributed by atoms with Crippen LogP contribution in [0.15, 0.2) is 35.1 Å². The number of carbonyl (C=O) groups is 1. The van der Waals surface area contributed by atoms with Gasteiger partial charge in [0.05, 0.1) is 12.8 Å². The zero-order valence-electron chi connectivity index (χ0n) is 15.5. The highest BCUT2D eigenvalue weighted by molar-refractivity contribution is 7.17. The number of methoxy groups -OCH3 is 1. The molecule has 1 aromatic carbocycles. The number of ether oxygens (including phenoxy) is 3. The Morgan fingerprint density at radius 3 is 2.71 bits per heavy atom. The average Bonchev–Trinajstić information content (AvgIpc) is 3.10. The quantitative estimate of drug-likeness (QED) is 0.592. The smallest absolute Gasteiger partial charge is 0.344 e. The highest BCUT2D eigenvalue weighted by Crippen LogP contribution is 2.28. The molecule has 2 heterocycles. The van der Waals surface area contributed by atoms with E-state index in [2.05, 4.69) is 4.98 Å². The molecule has 4 rings (SSSR count). The van der Waals surface area contributed by atoms with Gasteiger partial charge in [0.25, 0.3) is 5.56 Å².